The van der Waals surface area contributed by atoms with Crippen LogP contribution in [0.5, 0.6) is 0 Å². The van der Waals surface area contributed by atoms with Crippen LogP contribution in [-0.2, 0) is 0 Å². The first-order chi connectivity index (χ1) is 7.35. The van der Waals surface area contributed by atoms with Gasteiger partial charge in [-0.05, 0) is 29.8 Å². The van der Waals surface area contributed by atoms with Gasteiger partial charge in [-0.2, -0.15) is 0 Å². The van der Waals surface area contributed by atoms with Gasteiger partial charge in [0.25, 0.3) is 0 Å². The molecule has 16 heavy (non-hydrogen) atoms. The van der Waals surface area contributed by atoms with Crippen LogP contribution in [0, 0.1) is 10.1 Å². The molecule has 0 aliphatic heterocycles. The maximum Gasteiger partial charge on any atom is 0.312 e. The van der Waals surface area contributed by atoms with Crippen LogP contribution in [-0.4, -0.2) is 22.0 Å². The van der Waals surface area contributed by atoms with Crippen molar-refractivity contribution in [3.63, 3.8) is 0 Å². The lowest BCUT2D eigenvalue weighted by molar-refractivity contribution is -0.384. The molecule has 0 radical (unpaired) electrons. The molecule has 0 bridgehead atoms. The zero-order valence-corrected chi connectivity index (χ0v) is 10.6. The summed E-state index contributed by atoms with van der Waals surface area (Å²) < 4.78 is 0.565. The fourth-order valence-electron chi connectivity index (χ4n) is 1.04. The van der Waals surface area contributed by atoms with E-state index in [0.29, 0.717) is 11.0 Å². The van der Waals surface area contributed by atoms with Crippen molar-refractivity contribution < 1.29 is 4.92 Å². The summed E-state index contributed by atoms with van der Waals surface area (Å²) >= 11 is 3.14. The number of anilines is 1. The van der Waals surface area contributed by atoms with Gasteiger partial charge in [-0.15, -0.1) is 0 Å². The first-order valence-electron chi connectivity index (χ1n) is 4.64. The van der Waals surface area contributed by atoms with Crippen molar-refractivity contribution in [2.75, 3.05) is 11.9 Å². The van der Waals surface area contributed by atoms with Gasteiger partial charge in [0.2, 0.25) is 5.82 Å². The number of nitrogens with one attached hydrogen (secondary N) is 1. The highest BCUT2D eigenvalue weighted by atomic mass is 79.9. The Bertz CT molecular complexity index is 408. The number of aromatic nitrogens is 1. The minimum Gasteiger partial charge on any atom is -0.358 e. The van der Waals surface area contributed by atoms with E-state index in [0.717, 1.165) is 0 Å². The van der Waals surface area contributed by atoms with Crippen LogP contribution >= 0.6 is 15.9 Å². The Morgan fingerprint density at radius 1 is 1.69 bits per heavy atom. The fraction of sp³-hybridized carbons (Fsp3) is 0.444. The Kier molecular flexibility index (Phi) is 3.82. The van der Waals surface area contributed by atoms with Crippen LogP contribution in [0.2, 0.25) is 0 Å². The number of rotatable bonds is 4. The molecule has 0 aromatic carbocycles. The van der Waals surface area contributed by atoms with Gasteiger partial charge < -0.3 is 11.1 Å². The van der Waals surface area contributed by atoms with Crippen LogP contribution in [0.25, 0.3) is 0 Å². The molecule has 0 aliphatic rings. The Labute approximate surface area is 102 Å². The molecule has 1 aromatic heterocycles. The molecule has 3 N–H and O–H groups in total. The highest BCUT2D eigenvalue weighted by Gasteiger charge is 2.22. The van der Waals surface area contributed by atoms with Crippen LogP contribution in [0.15, 0.2) is 16.7 Å². The maximum absolute atomic E-state index is 10.8. The number of hydrogen-bond acceptors (Lipinski definition) is 5. The lowest BCUT2D eigenvalue weighted by atomic mass is 10.1. The van der Waals surface area contributed by atoms with E-state index >= 15 is 0 Å². The van der Waals surface area contributed by atoms with E-state index in [1.54, 1.807) is 0 Å². The van der Waals surface area contributed by atoms with Gasteiger partial charge in [0.05, 0.1) is 4.92 Å². The van der Waals surface area contributed by atoms with Crippen molar-refractivity contribution in [1.29, 1.82) is 0 Å². The normalized spacial score (nSPS) is 11.2. The highest BCUT2D eigenvalue weighted by molar-refractivity contribution is 9.10. The third-order valence-corrected chi connectivity index (χ3v) is 2.43. The molecular formula is C9H13BrN4O2. The van der Waals surface area contributed by atoms with Crippen LogP contribution < -0.4 is 11.1 Å². The molecule has 1 heterocycles. The van der Waals surface area contributed by atoms with Crippen molar-refractivity contribution in [3.8, 4) is 0 Å². The predicted molar refractivity (Wildman–Crippen MR) is 65.3 cm³/mol. The Balaban J connectivity index is 3.09. The molecule has 0 aliphatic carbocycles. The number of nitrogens with two attached hydrogens (primary N) is 1. The van der Waals surface area contributed by atoms with E-state index in [4.69, 9.17) is 5.73 Å². The van der Waals surface area contributed by atoms with Crippen molar-refractivity contribution >= 4 is 27.4 Å². The molecule has 0 spiro atoms. The van der Waals surface area contributed by atoms with E-state index < -0.39 is 10.5 Å². The van der Waals surface area contributed by atoms with Crippen LogP contribution in [0.1, 0.15) is 13.8 Å². The second-order valence-corrected chi connectivity index (χ2v) is 4.91. The standard InChI is InChI=1S/C9H13BrN4O2/c1-9(2,5-11)13-8-7(14(15)16)3-6(10)4-12-8/h3-4H,5,11H2,1-2H3,(H,12,13). The lowest BCUT2D eigenvalue weighted by Gasteiger charge is -2.24. The molecule has 0 amide bonds. The maximum atomic E-state index is 10.8. The predicted octanol–water partition coefficient (Wildman–Crippen LogP) is 1.90. The Morgan fingerprint density at radius 2 is 2.31 bits per heavy atom. The Morgan fingerprint density at radius 3 is 2.81 bits per heavy atom. The number of nitro groups is 1. The molecule has 88 valence electrons. The van der Waals surface area contributed by atoms with Crippen LogP contribution in [0.3, 0.4) is 0 Å². The number of hydrogen-bond donors (Lipinski definition) is 2. The molecule has 0 unspecified atom stereocenters. The molecule has 1 rings (SSSR count). The van der Waals surface area contributed by atoms with Gasteiger partial charge in [-0.3, -0.25) is 10.1 Å². The zero-order valence-electron chi connectivity index (χ0n) is 9.03. The summed E-state index contributed by atoms with van der Waals surface area (Å²) in [5, 5.41) is 13.8. The molecule has 1 aromatic rings. The summed E-state index contributed by atoms with van der Waals surface area (Å²) in [6.07, 6.45) is 1.50. The van der Waals surface area contributed by atoms with Crippen molar-refractivity contribution in [2.24, 2.45) is 5.73 Å². The summed E-state index contributed by atoms with van der Waals surface area (Å²) in [6.45, 7) is 4.04. The van der Waals surface area contributed by atoms with E-state index in [2.05, 4.69) is 26.2 Å². The van der Waals surface area contributed by atoms with Crippen molar-refractivity contribution in [3.05, 3.63) is 26.9 Å². The third kappa shape index (κ3) is 3.14. The van der Waals surface area contributed by atoms with Crippen molar-refractivity contribution in [2.45, 2.75) is 19.4 Å². The lowest BCUT2D eigenvalue weighted by Crippen LogP contribution is -2.39. The van der Waals surface area contributed by atoms with Gasteiger partial charge in [0.15, 0.2) is 0 Å². The third-order valence-electron chi connectivity index (χ3n) is 2.00. The summed E-state index contributed by atoms with van der Waals surface area (Å²) in [5.41, 5.74) is 5.03. The first-order valence-corrected chi connectivity index (χ1v) is 5.43. The van der Waals surface area contributed by atoms with Gasteiger partial charge in [-0.25, -0.2) is 4.98 Å². The average Bonchev–Trinajstić information content (AvgIpc) is 2.20. The van der Waals surface area contributed by atoms with E-state index in [1.165, 1.54) is 12.3 Å². The topological polar surface area (TPSA) is 94.1 Å². The summed E-state index contributed by atoms with van der Waals surface area (Å²) in [5.74, 6) is 0.226. The van der Waals surface area contributed by atoms with E-state index in [9.17, 15) is 10.1 Å². The van der Waals surface area contributed by atoms with Gasteiger partial charge >= 0.3 is 5.69 Å². The largest absolute Gasteiger partial charge is 0.358 e. The smallest absolute Gasteiger partial charge is 0.312 e. The molecule has 7 heteroatoms. The minimum absolute atomic E-state index is 0.0732. The number of nitrogens with zero attached hydrogens (tertiary/aromatic N) is 2. The fourth-order valence-corrected chi connectivity index (χ4v) is 1.35. The first kappa shape index (κ1) is 12.9. The molecular weight excluding hydrogens is 276 g/mol. The molecule has 6 nitrogen and oxygen atoms in total. The van der Waals surface area contributed by atoms with Gasteiger partial charge in [0, 0.05) is 28.8 Å². The SMILES string of the molecule is CC(C)(CN)Nc1ncc(Br)cc1[N+](=O)[O-]. The number of pyridine rings is 1. The number of halogens is 1. The molecule has 0 fully saturated rings. The van der Waals surface area contributed by atoms with Crippen molar-refractivity contribution in [1.82, 2.24) is 4.98 Å². The summed E-state index contributed by atoms with van der Waals surface area (Å²) in [7, 11) is 0. The van der Waals surface area contributed by atoms with Gasteiger partial charge in [-0.1, -0.05) is 0 Å². The highest BCUT2D eigenvalue weighted by Crippen LogP contribution is 2.27. The second-order valence-electron chi connectivity index (χ2n) is 3.99. The average molecular weight is 289 g/mol. The quantitative estimate of drug-likeness (QED) is 0.652. The van der Waals surface area contributed by atoms with E-state index in [-0.39, 0.29) is 11.5 Å². The minimum atomic E-state index is -0.479. The van der Waals surface area contributed by atoms with E-state index in [1.807, 2.05) is 13.8 Å². The summed E-state index contributed by atoms with van der Waals surface area (Å²) in [6, 6.07) is 1.40. The zero-order chi connectivity index (χ0) is 12.3. The Hall–Kier alpha value is -1.21. The molecule has 0 saturated carbocycles. The monoisotopic (exact) mass is 288 g/mol. The molecule has 0 atom stereocenters. The second kappa shape index (κ2) is 4.75. The van der Waals surface area contributed by atoms with Crippen LogP contribution in [0.4, 0.5) is 11.5 Å². The van der Waals surface area contributed by atoms with Gasteiger partial charge in [0.1, 0.15) is 0 Å². The molecule has 0 saturated heterocycles. The summed E-state index contributed by atoms with van der Waals surface area (Å²) in [4.78, 5) is 14.3.